The predicted octanol–water partition coefficient (Wildman–Crippen LogP) is 1.95. The number of rotatable bonds is 5. The van der Waals surface area contributed by atoms with E-state index in [1.165, 1.54) is 0 Å². The van der Waals surface area contributed by atoms with Crippen LogP contribution >= 0.6 is 0 Å². The molecule has 1 aromatic heterocycles. The second kappa shape index (κ2) is 6.89. The van der Waals surface area contributed by atoms with Crippen LogP contribution in [0.2, 0.25) is 0 Å². The molecule has 0 saturated heterocycles. The Morgan fingerprint density at radius 2 is 1.82 bits per heavy atom. The van der Waals surface area contributed by atoms with E-state index in [9.17, 15) is 9.59 Å². The molecule has 0 unspecified atom stereocenters. The second-order valence-corrected chi connectivity index (χ2v) is 5.01. The van der Waals surface area contributed by atoms with E-state index < -0.39 is 0 Å². The number of anilines is 1. The molecule has 0 bridgehead atoms. The Morgan fingerprint density at radius 1 is 1.14 bits per heavy atom. The smallest absolute Gasteiger partial charge is 0.233 e. The maximum absolute atomic E-state index is 11.7. The first-order chi connectivity index (χ1) is 10.5. The number of nitrogens with zero attached hydrogens (tertiary/aromatic N) is 2. The summed E-state index contributed by atoms with van der Waals surface area (Å²) in [4.78, 5) is 27.3. The minimum absolute atomic E-state index is 0.171. The molecule has 0 fully saturated rings. The molecule has 0 spiro atoms. The van der Waals surface area contributed by atoms with Crippen molar-refractivity contribution >= 4 is 17.5 Å². The Balaban J connectivity index is 2.02. The van der Waals surface area contributed by atoms with Crippen LogP contribution in [0.3, 0.4) is 0 Å². The topological polar surface area (TPSA) is 76.0 Å². The first kappa shape index (κ1) is 15.8. The van der Waals surface area contributed by atoms with Crippen LogP contribution in [0.15, 0.2) is 30.6 Å². The van der Waals surface area contributed by atoms with Crippen LogP contribution in [-0.4, -0.2) is 27.9 Å². The Bertz CT molecular complexity index is 674. The van der Waals surface area contributed by atoms with Gasteiger partial charge < -0.3 is 15.2 Å². The van der Waals surface area contributed by atoms with Gasteiger partial charge in [0.15, 0.2) is 0 Å². The Morgan fingerprint density at radius 3 is 2.36 bits per heavy atom. The van der Waals surface area contributed by atoms with E-state index in [1.54, 1.807) is 18.5 Å². The average Bonchev–Trinajstić information content (AvgIpc) is 2.80. The molecule has 2 rings (SSSR count). The summed E-state index contributed by atoms with van der Waals surface area (Å²) in [7, 11) is 0. The Kier molecular flexibility index (Phi) is 4.93. The molecule has 2 aromatic rings. The van der Waals surface area contributed by atoms with E-state index in [0.717, 1.165) is 17.1 Å². The van der Waals surface area contributed by atoms with Crippen molar-refractivity contribution in [1.82, 2.24) is 14.9 Å². The fraction of sp³-hybridized carbons (Fsp3) is 0.312. The van der Waals surface area contributed by atoms with Gasteiger partial charge in [0, 0.05) is 23.6 Å². The SMILES string of the molecule is CCNC(=O)CC(=O)Nc1ccc(-n2cnc(C)c2C)cc1. The van der Waals surface area contributed by atoms with Crippen LogP contribution in [-0.2, 0) is 9.59 Å². The molecule has 0 aliphatic carbocycles. The van der Waals surface area contributed by atoms with Gasteiger partial charge in [0.1, 0.15) is 6.42 Å². The number of carbonyl (C=O) groups is 2. The fourth-order valence-electron chi connectivity index (χ4n) is 2.08. The lowest BCUT2D eigenvalue weighted by Crippen LogP contribution is -2.27. The van der Waals surface area contributed by atoms with E-state index in [1.807, 2.05) is 37.5 Å². The molecule has 0 atom stereocenters. The summed E-state index contributed by atoms with van der Waals surface area (Å²) in [5.41, 5.74) is 3.69. The number of hydrogen-bond donors (Lipinski definition) is 2. The van der Waals surface area contributed by atoms with Gasteiger partial charge in [0.05, 0.1) is 12.0 Å². The summed E-state index contributed by atoms with van der Waals surface area (Å²) in [6.45, 7) is 6.30. The number of amides is 2. The molecule has 0 aliphatic heterocycles. The third kappa shape index (κ3) is 3.72. The molecule has 2 N–H and O–H groups in total. The number of aryl methyl sites for hydroxylation is 1. The Labute approximate surface area is 129 Å². The van der Waals surface area contributed by atoms with E-state index in [2.05, 4.69) is 15.6 Å². The van der Waals surface area contributed by atoms with Gasteiger partial charge in [-0.15, -0.1) is 0 Å². The van der Waals surface area contributed by atoms with Gasteiger partial charge in [-0.25, -0.2) is 4.98 Å². The zero-order chi connectivity index (χ0) is 16.1. The van der Waals surface area contributed by atoms with Crippen molar-refractivity contribution in [3.8, 4) is 5.69 Å². The highest BCUT2D eigenvalue weighted by Gasteiger charge is 2.09. The third-order valence-electron chi connectivity index (χ3n) is 3.38. The van der Waals surface area contributed by atoms with E-state index in [0.29, 0.717) is 12.2 Å². The summed E-state index contributed by atoms with van der Waals surface area (Å²) in [5, 5.41) is 5.30. The zero-order valence-corrected chi connectivity index (χ0v) is 13.0. The van der Waals surface area contributed by atoms with Gasteiger partial charge in [-0.3, -0.25) is 9.59 Å². The van der Waals surface area contributed by atoms with Gasteiger partial charge in [-0.1, -0.05) is 0 Å². The summed E-state index contributed by atoms with van der Waals surface area (Å²) in [6, 6.07) is 7.41. The number of imidazole rings is 1. The van der Waals surface area contributed by atoms with E-state index >= 15 is 0 Å². The highest BCUT2D eigenvalue weighted by molar-refractivity contribution is 6.03. The predicted molar refractivity (Wildman–Crippen MR) is 85.0 cm³/mol. The number of aromatic nitrogens is 2. The molecule has 2 amide bonds. The number of benzene rings is 1. The van der Waals surface area contributed by atoms with Crippen LogP contribution in [0.5, 0.6) is 0 Å². The molecular weight excluding hydrogens is 280 g/mol. The van der Waals surface area contributed by atoms with Gasteiger partial charge in [-0.2, -0.15) is 0 Å². The van der Waals surface area contributed by atoms with Crippen LogP contribution in [0.25, 0.3) is 5.69 Å². The molecule has 6 heteroatoms. The second-order valence-electron chi connectivity index (χ2n) is 5.01. The standard InChI is InChI=1S/C16H20N4O2/c1-4-17-15(21)9-16(22)19-13-5-7-14(8-6-13)20-10-18-11(2)12(20)3/h5-8,10H,4,9H2,1-3H3,(H,17,21)(H,19,22). The Hall–Kier alpha value is -2.63. The highest BCUT2D eigenvalue weighted by Crippen LogP contribution is 2.16. The van der Waals surface area contributed by atoms with Gasteiger partial charge in [0.2, 0.25) is 11.8 Å². The van der Waals surface area contributed by atoms with Gasteiger partial charge >= 0.3 is 0 Å². The maximum Gasteiger partial charge on any atom is 0.233 e. The molecule has 1 heterocycles. The molecule has 116 valence electrons. The lowest BCUT2D eigenvalue weighted by Gasteiger charge is -2.08. The normalized spacial score (nSPS) is 10.3. The molecule has 0 aliphatic rings. The third-order valence-corrected chi connectivity index (χ3v) is 3.38. The number of nitrogens with one attached hydrogen (secondary N) is 2. The molecule has 22 heavy (non-hydrogen) atoms. The maximum atomic E-state index is 11.7. The summed E-state index contributed by atoms with van der Waals surface area (Å²) < 4.78 is 1.98. The highest BCUT2D eigenvalue weighted by atomic mass is 16.2. The molecular formula is C16H20N4O2. The lowest BCUT2D eigenvalue weighted by molar-refractivity contribution is -0.126. The number of hydrogen-bond acceptors (Lipinski definition) is 3. The number of carbonyl (C=O) groups excluding carboxylic acids is 2. The first-order valence-corrected chi connectivity index (χ1v) is 7.18. The van der Waals surface area contributed by atoms with E-state index in [-0.39, 0.29) is 18.2 Å². The summed E-state index contributed by atoms with van der Waals surface area (Å²) in [6.07, 6.45) is 1.60. The van der Waals surface area contributed by atoms with Crippen molar-refractivity contribution in [2.45, 2.75) is 27.2 Å². The average molecular weight is 300 g/mol. The van der Waals surface area contributed by atoms with E-state index in [4.69, 9.17) is 0 Å². The molecule has 0 radical (unpaired) electrons. The van der Waals surface area contributed by atoms with Gasteiger partial charge in [-0.05, 0) is 45.0 Å². The zero-order valence-electron chi connectivity index (χ0n) is 13.0. The van der Waals surface area contributed by atoms with Crippen molar-refractivity contribution in [1.29, 1.82) is 0 Å². The van der Waals surface area contributed by atoms with Gasteiger partial charge in [0.25, 0.3) is 0 Å². The minimum atomic E-state index is -0.326. The quantitative estimate of drug-likeness (QED) is 0.829. The van der Waals surface area contributed by atoms with Crippen molar-refractivity contribution < 1.29 is 9.59 Å². The first-order valence-electron chi connectivity index (χ1n) is 7.18. The van der Waals surface area contributed by atoms with Crippen LogP contribution in [0, 0.1) is 13.8 Å². The largest absolute Gasteiger partial charge is 0.356 e. The molecule has 6 nitrogen and oxygen atoms in total. The molecule has 0 saturated carbocycles. The van der Waals surface area contributed by atoms with Crippen LogP contribution in [0.1, 0.15) is 24.7 Å². The summed E-state index contributed by atoms with van der Waals surface area (Å²) in [5.74, 6) is -0.602. The van der Waals surface area contributed by atoms with Crippen LogP contribution in [0.4, 0.5) is 5.69 Å². The van der Waals surface area contributed by atoms with Crippen LogP contribution < -0.4 is 10.6 Å². The fourth-order valence-corrected chi connectivity index (χ4v) is 2.08. The lowest BCUT2D eigenvalue weighted by atomic mass is 10.2. The van der Waals surface area contributed by atoms with Crippen molar-refractivity contribution in [3.63, 3.8) is 0 Å². The molecule has 1 aromatic carbocycles. The minimum Gasteiger partial charge on any atom is -0.356 e. The summed E-state index contributed by atoms with van der Waals surface area (Å²) >= 11 is 0. The van der Waals surface area contributed by atoms with Crippen molar-refractivity contribution in [3.05, 3.63) is 42.0 Å². The van der Waals surface area contributed by atoms with Crippen molar-refractivity contribution in [2.75, 3.05) is 11.9 Å². The van der Waals surface area contributed by atoms with Crippen molar-refractivity contribution in [2.24, 2.45) is 0 Å². The monoisotopic (exact) mass is 300 g/mol.